The molecule has 29 heavy (non-hydrogen) atoms. The second-order valence-electron chi connectivity index (χ2n) is 8.50. The van der Waals surface area contributed by atoms with Crippen LogP contribution in [0.4, 0.5) is 0 Å². The summed E-state index contributed by atoms with van der Waals surface area (Å²) in [4.78, 5) is 24.1. The zero-order valence-electron chi connectivity index (χ0n) is 17.5. The number of carbonyl (C=O) groups is 1. The summed E-state index contributed by atoms with van der Waals surface area (Å²) < 4.78 is 0. The minimum atomic E-state index is 0.201. The average molecular weight is 393 g/mol. The first kappa shape index (κ1) is 20.0. The highest BCUT2D eigenvalue weighted by molar-refractivity contribution is 5.79. The first-order valence-electron chi connectivity index (χ1n) is 10.9. The van der Waals surface area contributed by atoms with Gasteiger partial charge in [0.2, 0.25) is 5.91 Å². The molecule has 0 bridgehead atoms. The number of hydrogen-bond acceptors (Lipinski definition) is 4. The van der Waals surface area contributed by atoms with Crippen LogP contribution in [0.5, 0.6) is 0 Å². The van der Waals surface area contributed by atoms with Crippen molar-refractivity contribution in [3.8, 4) is 0 Å². The van der Waals surface area contributed by atoms with Crippen LogP contribution in [0.1, 0.15) is 29.5 Å². The van der Waals surface area contributed by atoms with Crippen molar-refractivity contribution < 1.29 is 4.79 Å². The molecule has 0 radical (unpaired) electrons. The fourth-order valence-corrected chi connectivity index (χ4v) is 4.54. The molecule has 0 aliphatic carbocycles. The molecule has 5 heteroatoms. The number of aryl methyl sites for hydroxylation is 1. The molecule has 2 aliphatic heterocycles. The number of nitrogens with zero attached hydrogens (tertiary/aromatic N) is 4. The molecule has 0 N–H and O–H groups in total. The Morgan fingerprint density at radius 2 is 1.55 bits per heavy atom. The predicted octanol–water partition coefficient (Wildman–Crippen LogP) is 2.95. The molecule has 0 spiro atoms. The van der Waals surface area contributed by atoms with Gasteiger partial charge in [-0.05, 0) is 56.1 Å². The summed E-state index contributed by atoms with van der Waals surface area (Å²) in [6, 6.07) is 12.9. The third kappa shape index (κ3) is 5.43. The average Bonchev–Trinajstić information content (AvgIpc) is 2.75. The molecule has 5 nitrogen and oxygen atoms in total. The monoisotopic (exact) mass is 392 g/mol. The van der Waals surface area contributed by atoms with E-state index in [-0.39, 0.29) is 5.92 Å². The summed E-state index contributed by atoms with van der Waals surface area (Å²) in [7, 11) is 0. The van der Waals surface area contributed by atoms with Crippen LogP contribution in [0.15, 0.2) is 48.8 Å². The number of amides is 1. The zero-order valence-corrected chi connectivity index (χ0v) is 17.5. The van der Waals surface area contributed by atoms with E-state index in [0.29, 0.717) is 5.91 Å². The lowest BCUT2D eigenvalue weighted by molar-refractivity contribution is -0.139. The summed E-state index contributed by atoms with van der Waals surface area (Å²) in [6.45, 7) is 9.77. The number of rotatable bonds is 5. The van der Waals surface area contributed by atoms with Crippen molar-refractivity contribution in [3.63, 3.8) is 0 Å². The maximum absolute atomic E-state index is 13.0. The largest absolute Gasteiger partial charge is 0.340 e. The van der Waals surface area contributed by atoms with Crippen LogP contribution < -0.4 is 0 Å². The fraction of sp³-hybridized carbons (Fsp3) is 0.500. The van der Waals surface area contributed by atoms with E-state index < -0.39 is 0 Å². The Bertz CT molecular complexity index is 794. The van der Waals surface area contributed by atoms with E-state index in [1.165, 1.54) is 16.7 Å². The fourth-order valence-electron chi connectivity index (χ4n) is 4.54. The van der Waals surface area contributed by atoms with Crippen LogP contribution >= 0.6 is 0 Å². The first-order chi connectivity index (χ1) is 14.2. The Morgan fingerprint density at radius 3 is 2.24 bits per heavy atom. The lowest BCUT2D eigenvalue weighted by Gasteiger charge is -2.38. The number of piperidine rings is 1. The van der Waals surface area contributed by atoms with Crippen LogP contribution in [0.25, 0.3) is 0 Å². The van der Waals surface area contributed by atoms with Gasteiger partial charge in [-0.3, -0.25) is 19.6 Å². The second-order valence-corrected chi connectivity index (χ2v) is 8.50. The van der Waals surface area contributed by atoms with Gasteiger partial charge in [-0.2, -0.15) is 0 Å². The van der Waals surface area contributed by atoms with Crippen LogP contribution in [-0.2, 0) is 17.9 Å². The highest BCUT2D eigenvalue weighted by atomic mass is 16.2. The van der Waals surface area contributed by atoms with Crippen LogP contribution in [0.3, 0.4) is 0 Å². The number of benzene rings is 1. The summed E-state index contributed by atoms with van der Waals surface area (Å²) in [5, 5.41) is 0. The lowest BCUT2D eigenvalue weighted by atomic mass is 9.94. The molecule has 1 aromatic carbocycles. The van der Waals surface area contributed by atoms with E-state index in [2.05, 4.69) is 63.0 Å². The van der Waals surface area contributed by atoms with Gasteiger partial charge in [-0.15, -0.1) is 0 Å². The first-order valence-corrected chi connectivity index (χ1v) is 10.9. The number of hydrogen-bond donors (Lipinski definition) is 0. The molecule has 2 fully saturated rings. The molecule has 154 valence electrons. The van der Waals surface area contributed by atoms with Gasteiger partial charge in [0.05, 0.1) is 0 Å². The zero-order chi connectivity index (χ0) is 20.1. The summed E-state index contributed by atoms with van der Waals surface area (Å²) in [5.41, 5.74) is 3.98. The van der Waals surface area contributed by atoms with E-state index >= 15 is 0 Å². The van der Waals surface area contributed by atoms with E-state index in [1.807, 2.05) is 12.4 Å². The Balaban J connectivity index is 1.21. The summed E-state index contributed by atoms with van der Waals surface area (Å²) in [5.74, 6) is 0.579. The van der Waals surface area contributed by atoms with Gasteiger partial charge in [0.25, 0.3) is 0 Å². The molecule has 1 amide bonds. The molecule has 2 aliphatic rings. The highest BCUT2D eigenvalue weighted by Gasteiger charge is 2.30. The molecule has 3 heterocycles. The number of likely N-dealkylation sites (tertiary alicyclic amines) is 1. The van der Waals surface area contributed by atoms with E-state index in [0.717, 1.165) is 65.2 Å². The number of pyridine rings is 1. The number of aromatic nitrogens is 1. The molecule has 2 aromatic rings. The summed E-state index contributed by atoms with van der Waals surface area (Å²) >= 11 is 0. The van der Waals surface area contributed by atoms with Crippen LogP contribution in [0.2, 0.25) is 0 Å². The van der Waals surface area contributed by atoms with Gasteiger partial charge >= 0.3 is 0 Å². The highest BCUT2D eigenvalue weighted by Crippen LogP contribution is 2.22. The van der Waals surface area contributed by atoms with Gasteiger partial charge in [-0.25, -0.2) is 0 Å². The van der Waals surface area contributed by atoms with Gasteiger partial charge < -0.3 is 4.90 Å². The van der Waals surface area contributed by atoms with Crippen molar-refractivity contribution in [3.05, 3.63) is 65.5 Å². The van der Waals surface area contributed by atoms with Gasteiger partial charge in [0.1, 0.15) is 0 Å². The quantitative estimate of drug-likeness (QED) is 0.784. The van der Waals surface area contributed by atoms with Gasteiger partial charge in [-0.1, -0.05) is 29.8 Å². The van der Waals surface area contributed by atoms with E-state index in [4.69, 9.17) is 0 Å². The minimum absolute atomic E-state index is 0.201. The number of piperazine rings is 1. The van der Waals surface area contributed by atoms with Crippen molar-refractivity contribution in [1.82, 2.24) is 19.7 Å². The molecule has 0 unspecified atom stereocenters. The molecule has 0 atom stereocenters. The third-order valence-corrected chi connectivity index (χ3v) is 6.26. The molecular weight excluding hydrogens is 360 g/mol. The molecule has 2 saturated heterocycles. The standard InChI is InChI=1S/C24H32N4O/c1-20-3-2-4-22(17-20)19-27-13-15-28(16-14-27)24(29)23-7-11-26(12-8-23)18-21-5-9-25-10-6-21/h2-6,9-10,17,23H,7-8,11-16,18-19H2,1H3. The maximum Gasteiger partial charge on any atom is 0.225 e. The third-order valence-electron chi connectivity index (χ3n) is 6.26. The maximum atomic E-state index is 13.0. The lowest BCUT2D eigenvalue weighted by Crippen LogP contribution is -2.51. The summed E-state index contributed by atoms with van der Waals surface area (Å²) in [6.07, 6.45) is 5.66. The Hall–Kier alpha value is -2.24. The van der Waals surface area contributed by atoms with E-state index in [9.17, 15) is 4.79 Å². The Labute approximate surface area is 174 Å². The molecule has 4 rings (SSSR count). The van der Waals surface area contributed by atoms with Crippen molar-refractivity contribution >= 4 is 5.91 Å². The Morgan fingerprint density at radius 1 is 0.897 bits per heavy atom. The van der Waals surface area contributed by atoms with Crippen molar-refractivity contribution in [2.75, 3.05) is 39.3 Å². The molecular formula is C24H32N4O. The Kier molecular flexibility index (Phi) is 6.57. The topological polar surface area (TPSA) is 39.7 Å². The van der Waals surface area contributed by atoms with Crippen molar-refractivity contribution in [2.45, 2.75) is 32.9 Å². The molecule has 1 aromatic heterocycles. The van der Waals surface area contributed by atoms with Crippen molar-refractivity contribution in [1.29, 1.82) is 0 Å². The molecule has 0 saturated carbocycles. The predicted molar refractivity (Wildman–Crippen MR) is 115 cm³/mol. The van der Waals surface area contributed by atoms with E-state index in [1.54, 1.807) is 0 Å². The van der Waals surface area contributed by atoms with Gasteiger partial charge in [0, 0.05) is 57.6 Å². The second kappa shape index (κ2) is 9.51. The normalized spacial score (nSPS) is 19.4. The SMILES string of the molecule is Cc1cccc(CN2CCN(C(=O)C3CCN(Cc4ccncc4)CC3)CC2)c1. The van der Waals surface area contributed by atoms with Crippen molar-refractivity contribution in [2.24, 2.45) is 5.92 Å². The van der Waals surface area contributed by atoms with Crippen LogP contribution in [0, 0.1) is 12.8 Å². The minimum Gasteiger partial charge on any atom is -0.340 e. The van der Waals surface area contributed by atoms with Gasteiger partial charge in [0.15, 0.2) is 0 Å². The van der Waals surface area contributed by atoms with Crippen LogP contribution in [-0.4, -0.2) is 64.9 Å². The smallest absolute Gasteiger partial charge is 0.225 e. The number of carbonyl (C=O) groups excluding carboxylic acids is 1.